The molecule has 1 heterocycles. The molecule has 3 rings (SSSR count). The van der Waals surface area contributed by atoms with Crippen LogP contribution in [-0.2, 0) is 6.18 Å². The second-order valence-corrected chi connectivity index (χ2v) is 5.69. The van der Waals surface area contributed by atoms with E-state index in [-0.39, 0.29) is 5.56 Å². The van der Waals surface area contributed by atoms with Crippen molar-refractivity contribution in [3.63, 3.8) is 0 Å². The molecule has 0 fully saturated rings. The molecular formula is C16H9Cl2F3N2. The number of hydrogen-bond acceptors (Lipinski definition) is 1. The molecule has 0 radical (unpaired) electrons. The molecule has 0 aliphatic rings. The lowest BCUT2D eigenvalue weighted by Crippen LogP contribution is -2.08. The van der Waals surface area contributed by atoms with Gasteiger partial charge in [0.25, 0.3) is 0 Å². The molecule has 0 unspecified atom stereocenters. The minimum atomic E-state index is -4.56. The summed E-state index contributed by atoms with van der Waals surface area (Å²) in [4.78, 5) is 0. The Balaban J connectivity index is 2.14. The highest BCUT2D eigenvalue weighted by molar-refractivity contribution is 6.30. The van der Waals surface area contributed by atoms with Crippen LogP contribution in [0.3, 0.4) is 0 Å². The van der Waals surface area contributed by atoms with Crippen LogP contribution in [0.15, 0.2) is 54.7 Å². The Hall–Kier alpha value is -1.98. The fourth-order valence-corrected chi connectivity index (χ4v) is 2.40. The summed E-state index contributed by atoms with van der Waals surface area (Å²) in [6.45, 7) is 0. The van der Waals surface area contributed by atoms with Gasteiger partial charge in [0.05, 0.1) is 5.69 Å². The summed E-state index contributed by atoms with van der Waals surface area (Å²) in [5, 5.41) is 4.64. The number of halogens is 5. The molecule has 0 N–H and O–H groups in total. The molecule has 23 heavy (non-hydrogen) atoms. The van der Waals surface area contributed by atoms with Gasteiger partial charge in [-0.2, -0.15) is 18.3 Å². The highest BCUT2D eigenvalue weighted by Gasteiger charge is 2.37. The molecule has 0 spiro atoms. The molecule has 0 amide bonds. The number of hydrogen-bond donors (Lipinski definition) is 0. The van der Waals surface area contributed by atoms with E-state index in [1.807, 2.05) is 0 Å². The summed E-state index contributed by atoms with van der Waals surface area (Å²) in [6.07, 6.45) is -3.22. The van der Waals surface area contributed by atoms with E-state index in [0.29, 0.717) is 21.3 Å². The Kier molecular flexibility index (Phi) is 4.08. The van der Waals surface area contributed by atoms with E-state index in [2.05, 4.69) is 5.10 Å². The number of aromatic nitrogens is 2. The van der Waals surface area contributed by atoms with Crippen LogP contribution >= 0.6 is 23.2 Å². The maximum Gasteiger partial charge on any atom is 0.435 e. The van der Waals surface area contributed by atoms with Gasteiger partial charge in [-0.1, -0.05) is 35.3 Å². The predicted molar refractivity (Wildman–Crippen MR) is 84.0 cm³/mol. The van der Waals surface area contributed by atoms with E-state index in [0.717, 1.165) is 0 Å². The van der Waals surface area contributed by atoms with Crippen molar-refractivity contribution in [2.75, 3.05) is 0 Å². The summed E-state index contributed by atoms with van der Waals surface area (Å²) < 4.78 is 41.0. The molecular weight excluding hydrogens is 348 g/mol. The van der Waals surface area contributed by atoms with Crippen LogP contribution in [0.5, 0.6) is 0 Å². The first-order chi connectivity index (χ1) is 10.8. The average molecular weight is 357 g/mol. The topological polar surface area (TPSA) is 17.8 Å². The van der Waals surface area contributed by atoms with Crippen LogP contribution in [0.25, 0.3) is 16.8 Å². The van der Waals surface area contributed by atoms with Gasteiger partial charge in [0.2, 0.25) is 0 Å². The van der Waals surface area contributed by atoms with Gasteiger partial charge in [-0.25, -0.2) is 4.68 Å². The van der Waals surface area contributed by atoms with Crippen molar-refractivity contribution in [3.05, 3.63) is 70.5 Å². The van der Waals surface area contributed by atoms with Crippen molar-refractivity contribution < 1.29 is 13.2 Å². The van der Waals surface area contributed by atoms with Gasteiger partial charge >= 0.3 is 6.18 Å². The summed E-state index contributed by atoms with van der Waals surface area (Å²) >= 11 is 11.6. The SMILES string of the molecule is FC(F)(F)c1nn(-c2ccc(Cl)cc2)cc1-c1ccc(Cl)cc1. The number of nitrogens with zero attached hydrogens (tertiary/aromatic N) is 2. The molecule has 0 saturated heterocycles. The summed E-state index contributed by atoms with van der Waals surface area (Å²) in [6, 6.07) is 12.5. The third-order valence-electron chi connectivity index (χ3n) is 3.23. The molecule has 0 aliphatic carbocycles. The van der Waals surface area contributed by atoms with Crippen molar-refractivity contribution in [2.45, 2.75) is 6.18 Å². The number of benzene rings is 2. The largest absolute Gasteiger partial charge is 0.435 e. The molecule has 2 aromatic carbocycles. The Morgan fingerprint density at radius 3 is 1.87 bits per heavy atom. The molecule has 0 atom stereocenters. The number of alkyl halides is 3. The highest BCUT2D eigenvalue weighted by Crippen LogP contribution is 2.37. The minimum absolute atomic E-state index is 0.0101. The van der Waals surface area contributed by atoms with Gasteiger partial charge < -0.3 is 0 Å². The minimum Gasteiger partial charge on any atom is -0.240 e. The molecule has 3 aromatic rings. The molecule has 0 saturated carbocycles. The first-order valence-corrected chi connectivity index (χ1v) is 7.29. The predicted octanol–water partition coefficient (Wildman–Crippen LogP) is 5.86. The van der Waals surface area contributed by atoms with Crippen molar-refractivity contribution >= 4 is 23.2 Å². The lowest BCUT2D eigenvalue weighted by molar-refractivity contribution is -0.140. The fourth-order valence-electron chi connectivity index (χ4n) is 2.15. The molecule has 2 nitrogen and oxygen atoms in total. The maximum absolute atomic E-state index is 13.3. The lowest BCUT2D eigenvalue weighted by Gasteiger charge is -2.06. The molecule has 1 aromatic heterocycles. The smallest absolute Gasteiger partial charge is 0.240 e. The van der Waals surface area contributed by atoms with E-state index in [1.54, 1.807) is 24.3 Å². The van der Waals surface area contributed by atoms with Gasteiger partial charge in [0.15, 0.2) is 5.69 Å². The normalized spacial score (nSPS) is 11.7. The average Bonchev–Trinajstić information content (AvgIpc) is 2.94. The van der Waals surface area contributed by atoms with Crippen molar-refractivity contribution in [1.29, 1.82) is 0 Å². The van der Waals surface area contributed by atoms with Gasteiger partial charge in [-0.3, -0.25) is 0 Å². The van der Waals surface area contributed by atoms with Crippen LogP contribution < -0.4 is 0 Å². The highest BCUT2D eigenvalue weighted by atomic mass is 35.5. The third kappa shape index (κ3) is 3.35. The first-order valence-electron chi connectivity index (χ1n) is 6.53. The van der Waals surface area contributed by atoms with E-state index in [9.17, 15) is 13.2 Å². The van der Waals surface area contributed by atoms with Gasteiger partial charge in [-0.05, 0) is 42.0 Å². The van der Waals surface area contributed by atoms with E-state index >= 15 is 0 Å². The van der Waals surface area contributed by atoms with Crippen LogP contribution in [0.1, 0.15) is 5.69 Å². The fraction of sp³-hybridized carbons (Fsp3) is 0.0625. The Morgan fingerprint density at radius 1 is 0.826 bits per heavy atom. The van der Waals surface area contributed by atoms with Gasteiger partial charge in [0, 0.05) is 21.8 Å². The zero-order valence-electron chi connectivity index (χ0n) is 11.5. The Labute approximate surface area is 140 Å². The van der Waals surface area contributed by atoms with Gasteiger partial charge in [-0.15, -0.1) is 0 Å². The third-order valence-corrected chi connectivity index (χ3v) is 3.73. The van der Waals surface area contributed by atoms with Crippen molar-refractivity contribution in [1.82, 2.24) is 9.78 Å². The summed E-state index contributed by atoms with van der Waals surface area (Å²) in [5.74, 6) is 0. The summed E-state index contributed by atoms with van der Waals surface area (Å²) in [5.41, 5.74) is -0.0825. The second-order valence-electron chi connectivity index (χ2n) is 4.82. The maximum atomic E-state index is 13.3. The van der Waals surface area contributed by atoms with Crippen LogP contribution in [0.2, 0.25) is 10.0 Å². The molecule has 0 aliphatic heterocycles. The standard InChI is InChI=1S/C16H9Cl2F3N2/c17-11-3-1-10(2-4-11)14-9-23(22-15(14)16(19,20)21)13-7-5-12(18)6-8-13/h1-9H. The molecule has 118 valence electrons. The lowest BCUT2D eigenvalue weighted by atomic mass is 10.1. The summed E-state index contributed by atoms with van der Waals surface area (Å²) in [7, 11) is 0. The van der Waals surface area contributed by atoms with E-state index in [1.165, 1.54) is 35.1 Å². The number of rotatable bonds is 2. The quantitative estimate of drug-likeness (QED) is 0.561. The zero-order chi connectivity index (χ0) is 16.6. The molecule has 0 bridgehead atoms. The van der Waals surface area contributed by atoms with Crippen molar-refractivity contribution in [3.8, 4) is 16.8 Å². The van der Waals surface area contributed by atoms with Crippen LogP contribution in [-0.4, -0.2) is 9.78 Å². The second kappa shape index (κ2) is 5.91. The Morgan fingerprint density at radius 2 is 1.35 bits per heavy atom. The van der Waals surface area contributed by atoms with Crippen molar-refractivity contribution in [2.24, 2.45) is 0 Å². The van der Waals surface area contributed by atoms with E-state index < -0.39 is 11.9 Å². The Bertz CT molecular complexity index is 822. The van der Waals surface area contributed by atoms with E-state index in [4.69, 9.17) is 23.2 Å². The van der Waals surface area contributed by atoms with Gasteiger partial charge in [0.1, 0.15) is 0 Å². The zero-order valence-corrected chi connectivity index (χ0v) is 13.0. The van der Waals surface area contributed by atoms with Crippen LogP contribution in [0.4, 0.5) is 13.2 Å². The van der Waals surface area contributed by atoms with Crippen LogP contribution in [0, 0.1) is 0 Å². The first kappa shape index (κ1) is 15.9. The monoisotopic (exact) mass is 356 g/mol. The molecule has 7 heteroatoms.